The summed E-state index contributed by atoms with van der Waals surface area (Å²) in [5.41, 5.74) is 2.32. The Labute approximate surface area is 164 Å². The molecule has 1 saturated heterocycles. The molecule has 7 heteroatoms. The van der Waals surface area contributed by atoms with Gasteiger partial charge in [-0.05, 0) is 55.3 Å². The second-order valence-corrected chi connectivity index (χ2v) is 7.16. The van der Waals surface area contributed by atoms with Crippen LogP contribution in [0.5, 0.6) is 0 Å². The van der Waals surface area contributed by atoms with E-state index in [4.69, 9.17) is 0 Å². The highest BCUT2D eigenvalue weighted by molar-refractivity contribution is 5.93. The first kappa shape index (κ1) is 19.8. The highest BCUT2D eigenvalue weighted by atomic mass is 19.1. The number of amides is 2. The van der Waals surface area contributed by atoms with Crippen molar-refractivity contribution in [2.45, 2.75) is 12.8 Å². The Kier molecular flexibility index (Phi) is 6.60. The predicted molar refractivity (Wildman–Crippen MR) is 108 cm³/mol. The number of rotatable bonds is 7. The minimum atomic E-state index is -0.409. The van der Waals surface area contributed by atoms with Crippen LogP contribution in [-0.4, -0.2) is 45.0 Å². The quantitative estimate of drug-likeness (QED) is 0.677. The van der Waals surface area contributed by atoms with E-state index in [-0.39, 0.29) is 24.9 Å². The number of carbonyl (C=O) groups is 2. The molecule has 0 spiro atoms. The maximum Gasteiger partial charge on any atom is 0.279 e. The lowest BCUT2D eigenvalue weighted by Gasteiger charge is -2.18. The minimum Gasteiger partial charge on any atom is -0.372 e. The van der Waals surface area contributed by atoms with Gasteiger partial charge in [-0.15, -0.1) is 0 Å². The van der Waals surface area contributed by atoms with Crippen LogP contribution >= 0.6 is 0 Å². The van der Waals surface area contributed by atoms with Crippen LogP contribution in [0.3, 0.4) is 0 Å². The summed E-state index contributed by atoms with van der Waals surface area (Å²) < 4.78 is 13.2. The van der Waals surface area contributed by atoms with E-state index in [0.717, 1.165) is 23.7 Å². The predicted octanol–water partition coefficient (Wildman–Crippen LogP) is 1.52. The van der Waals surface area contributed by atoms with E-state index in [9.17, 15) is 14.0 Å². The molecule has 2 aromatic rings. The summed E-state index contributed by atoms with van der Waals surface area (Å²) in [6, 6.07) is 13.6. The van der Waals surface area contributed by atoms with Crippen molar-refractivity contribution >= 4 is 28.9 Å². The van der Waals surface area contributed by atoms with E-state index in [1.807, 2.05) is 24.3 Å². The minimum absolute atomic E-state index is 0.109. The Morgan fingerprint density at radius 2 is 1.57 bits per heavy atom. The zero-order chi connectivity index (χ0) is 19.9. The number of anilines is 3. The molecule has 1 heterocycles. The molecule has 6 nitrogen and oxygen atoms in total. The number of halogens is 1. The van der Waals surface area contributed by atoms with Gasteiger partial charge < -0.3 is 20.4 Å². The number of hydrogen-bond donors (Lipinski definition) is 3. The number of nitrogens with one attached hydrogen (secondary N) is 3. The van der Waals surface area contributed by atoms with Crippen molar-refractivity contribution in [2.24, 2.45) is 0 Å². The fraction of sp³-hybridized carbons (Fsp3) is 0.333. The van der Waals surface area contributed by atoms with Gasteiger partial charge in [-0.3, -0.25) is 9.59 Å². The van der Waals surface area contributed by atoms with E-state index in [1.165, 1.54) is 36.7 Å². The summed E-state index contributed by atoms with van der Waals surface area (Å²) in [5.74, 6) is -0.843. The van der Waals surface area contributed by atoms with Gasteiger partial charge in [0.25, 0.3) is 11.8 Å². The van der Waals surface area contributed by atoms with E-state index < -0.39 is 5.82 Å². The van der Waals surface area contributed by atoms with E-state index in [1.54, 1.807) is 13.1 Å². The number of hydrogen-bond acceptors (Lipinski definition) is 3. The standard InChI is InChI=1S/C21H25FN4O2/c1-25(15-21(28)24-18-6-4-5-16(22)13-18)14-20(27)23-17-7-9-19(10-8-17)26-11-2-3-12-26/h4-10,13H,2-3,11-12,14-15H2,1H3,(H,23,27)(H,24,28)/p+1. The molecule has 1 fully saturated rings. The Hall–Kier alpha value is -2.93. The number of benzene rings is 2. The summed E-state index contributed by atoms with van der Waals surface area (Å²) in [7, 11) is 1.77. The molecule has 28 heavy (non-hydrogen) atoms. The zero-order valence-corrected chi connectivity index (χ0v) is 16.0. The number of nitrogens with zero attached hydrogens (tertiary/aromatic N) is 1. The average Bonchev–Trinajstić information content (AvgIpc) is 3.16. The smallest absolute Gasteiger partial charge is 0.279 e. The van der Waals surface area contributed by atoms with Gasteiger partial charge in [0.15, 0.2) is 13.1 Å². The summed E-state index contributed by atoms with van der Waals surface area (Å²) >= 11 is 0. The third kappa shape index (κ3) is 5.79. The summed E-state index contributed by atoms with van der Waals surface area (Å²) in [6.07, 6.45) is 2.45. The second-order valence-electron chi connectivity index (χ2n) is 7.16. The van der Waals surface area contributed by atoms with Crippen LogP contribution in [-0.2, 0) is 9.59 Å². The van der Waals surface area contributed by atoms with Crippen molar-refractivity contribution in [3.05, 3.63) is 54.3 Å². The van der Waals surface area contributed by atoms with Crippen LogP contribution in [0.25, 0.3) is 0 Å². The molecule has 0 radical (unpaired) electrons. The molecular formula is C21H26FN4O2+. The highest BCUT2D eigenvalue weighted by Crippen LogP contribution is 2.21. The van der Waals surface area contributed by atoms with Crippen molar-refractivity contribution in [2.75, 3.05) is 48.8 Å². The molecule has 3 N–H and O–H groups in total. The summed E-state index contributed by atoms with van der Waals surface area (Å²) in [5, 5.41) is 5.49. The molecule has 0 saturated carbocycles. The van der Waals surface area contributed by atoms with E-state index >= 15 is 0 Å². The number of carbonyl (C=O) groups excluding carboxylic acids is 2. The molecule has 1 aliphatic rings. The topological polar surface area (TPSA) is 65.9 Å². The van der Waals surface area contributed by atoms with Crippen LogP contribution in [0.1, 0.15) is 12.8 Å². The molecule has 0 aromatic heterocycles. The molecule has 2 amide bonds. The molecule has 0 bridgehead atoms. The van der Waals surface area contributed by atoms with Crippen molar-refractivity contribution in [1.29, 1.82) is 0 Å². The molecule has 1 unspecified atom stereocenters. The van der Waals surface area contributed by atoms with Crippen LogP contribution in [0.15, 0.2) is 48.5 Å². The third-order valence-electron chi connectivity index (χ3n) is 4.66. The molecule has 3 rings (SSSR count). The highest BCUT2D eigenvalue weighted by Gasteiger charge is 2.15. The second kappa shape index (κ2) is 9.32. The maximum absolute atomic E-state index is 13.2. The molecular weight excluding hydrogens is 359 g/mol. The van der Waals surface area contributed by atoms with Gasteiger partial charge in [-0.1, -0.05) is 6.07 Å². The van der Waals surface area contributed by atoms with Gasteiger partial charge in [0, 0.05) is 30.2 Å². The zero-order valence-electron chi connectivity index (χ0n) is 16.0. The molecule has 1 aliphatic heterocycles. The Morgan fingerprint density at radius 1 is 0.964 bits per heavy atom. The van der Waals surface area contributed by atoms with Gasteiger partial charge in [-0.25, -0.2) is 4.39 Å². The van der Waals surface area contributed by atoms with Gasteiger partial charge in [0.1, 0.15) is 5.82 Å². The number of likely N-dealkylation sites (N-methyl/N-ethyl adjacent to an activating group) is 1. The Bertz CT molecular complexity index is 819. The molecule has 2 aromatic carbocycles. The lowest BCUT2D eigenvalue weighted by atomic mass is 10.2. The fourth-order valence-electron chi connectivity index (χ4n) is 3.32. The van der Waals surface area contributed by atoms with E-state index in [0.29, 0.717) is 5.69 Å². The van der Waals surface area contributed by atoms with Crippen LogP contribution in [0.4, 0.5) is 21.5 Å². The number of quaternary nitrogens is 1. The van der Waals surface area contributed by atoms with Crippen molar-refractivity contribution in [1.82, 2.24) is 0 Å². The average molecular weight is 385 g/mol. The first-order valence-electron chi connectivity index (χ1n) is 9.51. The SMILES string of the molecule is C[NH+](CC(=O)Nc1ccc(N2CCCC2)cc1)CC(=O)Nc1cccc(F)c1. The van der Waals surface area contributed by atoms with Gasteiger partial charge in [-0.2, -0.15) is 0 Å². The normalized spacial score (nSPS) is 14.6. The fourth-order valence-corrected chi connectivity index (χ4v) is 3.32. The first-order valence-corrected chi connectivity index (χ1v) is 9.51. The maximum atomic E-state index is 13.2. The Morgan fingerprint density at radius 3 is 2.18 bits per heavy atom. The molecule has 148 valence electrons. The van der Waals surface area contributed by atoms with Crippen molar-refractivity contribution in [3.63, 3.8) is 0 Å². The Balaban J connectivity index is 1.44. The van der Waals surface area contributed by atoms with Crippen molar-refractivity contribution < 1.29 is 18.9 Å². The van der Waals surface area contributed by atoms with Gasteiger partial charge >= 0.3 is 0 Å². The van der Waals surface area contributed by atoms with Crippen LogP contribution in [0.2, 0.25) is 0 Å². The first-order chi connectivity index (χ1) is 13.5. The van der Waals surface area contributed by atoms with Gasteiger partial charge in [0.2, 0.25) is 0 Å². The van der Waals surface area contributed by atoms with Crippen molar-refractivity contribution in [3.8, 4) is 0 Å². The third-order valence-corrected chi connectivity index (χ3v) is 4.66. The summed E-state index contributed by atoms with van der Waals surface area (Å²) in [4.78, 5) is 27.3. The summed E-state index contributed by atoms with van der Waals surface area (Å²) in [6.45, 7) is 2.43. The van der Waals surface area contributed by atoms with Gasteiger partial charge in [0.05, 0.1) is 7.05 Å². The largest absolute Gasteiger partial charge is 0.372 e. The lowest BCUT2D eigenvalue weighted by Crippen LogP contribution is -3.11. The molecule has 0 aliphatic carbocycles. The monoisotopic (exact) mass is 385 g/mol. The lowest BCUT2D eigenvalue weighted by molar-refractivity contribution is -0.862. The molecule has 1 atom stereocenters. The van der Waals surface area contributed by atoms with Crippen LogP contribution in [0, 0.1) is 5.82 Å². The van der Waals surface area contributed by atoms with Crippen LogP contribution < -0.4 is 20.4 Å². The van der Waals surface area contributed by atoms with E-state index in [2.05, 4.69) is 15.5 Å².